The summed E-state index contributed by atoms with van der Waals surface area (Å²) in [6.07, 6.45) is 4.02. The second-order valence-electron chi connectivity index (χ2n) is 13.2. The number of carbonyl (C=O) groups excluding carboxylic acids is 4. The van der Waals surface area contributed by atoms with Crippen LogP contribution in [0.5, 0.6) is 23.0 Å². The average molecular weight is 795 g/mol. The Morgan fingerprint density at radius 2 is 0.741 bits per heavy atom. The lowest BCUT2D eigenvalue weighted by atomic mass is 9.85. The minimum atomic E-state index is -0.772. The van der Waals surface area contributed by atoms with E-state index in [0.29, 0.717) is 35.9 Å². The maximum Gasteiger partial charge on any atom is 0.413 e. The van der Waals surface area contributed by atoms with Crippen molar-refractivity contribution in [3.8, 4) is 23.0 Å². The molecular formula is C42H42N4O12. The van der Waals surface area contributed by atoms with E-state index >= 15 is 0 Å². The maximum absolute atomic E-state index is 12.8. The Balaban J connectivity index is 1.11. The number of benzene rings is 2. The smallest absolute Gasteiger partial charge is 0.413 e. The van der Waals surface area contributed by atoms with Crippen LogP contribution in [0.15, 0.2) is 128 Å². The van der Waals surface area contributed by atoms with Crippen LogP contribution in [0.1, 0.15) is 48.0 Å². The standard InChI is InChI=1S/C42H42N4O12/c1-27(19-29-11-13-35(55-39(47)43-23-31-7-3-15-51-31)37(21-29)57-41(49)45-25-33-9-5-17-53-33)28(2)20-30-12-14-36(56-40(48)44-24-32-8-4-16-52-32)38(22-30)58-42(50)46-26-34-10-6-18-54-34/h3-18,21-22,27-28H,19-20,23-26H2,1-2H3,(H,43,47)(H,44,48)(H,45,49)(H,46,50)/t27-,28+. The summed E-state index contributed by atoms with van der Waals surface area (Å²) in [4.78, 5) is 50.9. The maximum atomic E-state index is 12.8. The number of amides is 4. The molecule has 0 spiro atoms. The van der Waals surface area contributed by atoms with Gasteiger partial charge in [0.1, 0.15) is 23.0 Å². The highest BCUT2D eigenvalue weighted by atomic mass is 16.6. The molecule has 58 heavy (non-hydrogen) atoms. The molecule has 0 aliphatic carbocycles. The third-order valence-corrected chi connectivity index (χ3v) is 8.86. The van der Waals surface area contributed by atoms with Crippen molar-refractivity contribution in [2.45, 2.75) is 52.9 Å². The number of ether oxygens (including phenoxy) is 4. The van der Waals surface area contributed by atoms with E-state index in [4.69, 9.17) is 36.6 Å². The Bertz CT molecular complexity index is 2060. The van der Waals surface area contributed by atoms with Crippen molar-refractivity contribution in [3.05, 3.63) is 144 Å². The fraction of sp³-hybridized carbons (Fsp3) is 0.238. The fourth-order valence-corrected chi connectivity index (χ4v) is 5.67. The van der Waals surface area contributed by atoms with E-state index in [1.54, 1.807) is 84.9 Å². The van der Waals surface area contributed by atoms with Gasteiger partial charge in [-0.1, -0.05) is 26.0 Å². The first-order valence-corrected chi connectivity index (χ1v) is 18.3. The summed E-state index contributed by atoms with van der Waals surface area (Å²) in [6.45, 7) is 4.54. The van der Waals surface area contributed by atoms with E-state index in [9.17, 15) is 19.2 Å². The second kappa shape index (κ2) is 20.0. The van der Waals surface area contributed by atoms with E-state index in [1.807, 2.05) is 0 Å². The van der Waals surface area contributed by atoms with Crippen LogP contribution in [0.2, 0.25) is 0 Å². The lowest BCUT2D eigenvalue weighted by Crippen LogP contribution is -2.28. The zero-order chi connectivity index (χ0) is 40.7. The monoisotopic (exact) mass is 794 g/mol. The number of hydrogen-bond donors (Lipinski definition) is 4. The summed E-state index contributed by atoms with van der Waals surface area (Å²) >= 11 is 0. The summed E-state index contributed by atoms with van der Waals surface area (Å²) in [5.41, 5.74) is 1.64. The molecule has 0 saturated heterocycles. The zero-order valence-electron chi connectivity index (χ0n) is 31.7. The summed E-state index contributed by atoms with van der Waals surface area (Å²) < 4.78 is 43.3. The lowest BCUT2D eigenvalue weighted by Gasteiger charge is -2.21. The summed E-state index contributed by atoms with van der Waals surface area (Å²) in [7, 11) is 0. The van der Waals surface area contributed by atoms with Crippen molar-refractivity contribution < 1.29 is 55.8 Å². The van der Waals surface area contributed by atoms with Gasteiger partial charge in [-0.3, -0.25) is 0 Å². The molecule has 302 valence electrons. The van der Waals surface area contributed by atoms with Crippen LogP contribution in [-0.4, -0.2) is 24.4 Å². The van der Waals surface area contributed by atoms with Gasteiger partial charge in [0.05, 0.1) is 51.2 Å². The molecule has 0 radical (unpaired) electrons. The van der Waals surface area contributed by atoms with Gasteiger partial charge in [-0.25, -0.2) is 19.2 Å². The van der Waals surface area contributed by atoms with Gasteiger partial charge in [-0.05, 0) is 109 Å². The van der Waals surface area contributed by atoms with E-state index in [2.05, 4.69) is 35.1 Å². The van der Waals surface area contributed by atoms with Crippen LogP contribution in [-0.2, 0) is 39.0 Å². The van der Waals surface area contributed by atoms with Crippen molar-refractivity contribution in [3.63, 3.8) is 0 Å². The first kappa shape index (κ1) is 40.3. The molecule has 16 nitrogen and oxygen atoms in total. The highest BCUT2D eigenvalue weighted by molar-refractivity contribution is 5.75. The largest absolute Gasteiger partial charge is 0.467 e. The predicted octanol–water partition coefficient (Wildman–Crippen LogP) is 8.27. The molecule has 16 heteroatoms. The Kier molecular flexibility index (Phi) is 13.9. The quantitative estimate of drug-likeness (QED) is 0.0688. The molecule has 4 N–H and O–H groups in total. The molecule has 6 aromatic rings. The summed E-state index contributed by atoms with van der Waals surface area (Å²) in [5.74, 6) is 2.44. The van der Waals surface area contributed by atoms with Crippen molar-refractivity contribution in [2.24, 2.45) is 11.8 Å². The molecule has 2 atom stereocenters. The highest BCUT2D eigenvalue weighted by Crippen LogP contribution is 2.33. The molecule has 0 bridgehead atoms. The van der Waals surface area contributed by atoms with Gasteiger partial charge in [0, 0.05) is 0 Å². The van der Waals surface area contributed by atoms with E-state index < -0.39 is 24.4 Å². The molecule has 6 rings (SSSR count). The molecule has 0 fully saturated rings. The second-order valence-corrected chi connectivity index (χ2v) is 13.2. The average Bonchev–Trinajstić information content (AvgIpc) is 4.06. The van der Waals surface area contributed by atoms with Crippen LogP contribution in [0.4, 0.5) is 19.2 Å². The molecule has 0 saturated carbocycles. The van der Waals surface area contributed by atoms with E-state index in [0.717, 1.165) is 11.1 Å². The van der Waals surface area contributed by atoms with Crippen LogP contribution >= 0.6 is 0 Å². The normalized spacial score (nSPS) is 11.8. The minimum absolute atomic E-state index is 0.0345. The molecule has 0 aliphatic rings. The Morgan fingerprint density at radius 3 is 1.02 bits per heavy atom. The number of furan rings is 4. The third kappa shape index (κ3) is 12.3. The summed E-state index contributed by atoms with van der Waals surface area (Å²) in [6, 6.07) is 23.7. The van der Waals surface area contributed by atoms with Crippen LogP contribution in [0.3, 0.4) is 0 Å². The van der Waals surface area contributed by atoms with Crippen molar-refractivity contribution >= 4 is 24.4 Å². The molecule has 4 amide bonds. The van der Waals surface area contributed by atoms with E-state index in [-0.39, 0.29) is 61.0 Å². The highest BCUT2D eigenvalue weighted by Gasteiger charge is 2.21. The third-order valence-electron chi connectivity index (χ3n) is 8.86. The van der Waals surface area contributed by atoms with Crippen LogP contribution in [0.25, 0.3) is 0 Å². The van der Waals surface area contributed by atoms with Gasteiger partial charge in [-0.2, -0.15) is 0 Å². The van der Waals surface area contributed by atoms with Crippen LogP contribution < -0.4 is 40.2 Å². The Morgan fingerprint density at radius 1 is 0.448 bits per heavy atom. The number of hydrogen-bond acceptors (Lipinski definition) is 12. The number of nitrogens with one attached hydrogen (secondary N) is 4. The van der Waals surface area contributed by atoms with Gasteiger partial charge in [0.2, 0.25) is 0 Å². The molecule has 0 aliphatic heterocycles. The van der Waals surface area contributed by atoms with Gasteiger partial charge >= 0.3 is 24.4 Å². The molecule has 2 aromatic carbocycles. The molecule has 4 aromatic heterocycles. The van der Waals surface area contributed by atoms with Crippen molar-refractivity contribution in [1.82, 2.24) is 21.3 Å². The van der Waals surface area contributed by atoms with Crippen molar-refractivity contribution in [1.29, 1.82) is 0 Å². The molecule has 4 heterocycles. The van der Waals surface area contributed by atoms with Gasteiger partial charge in [-0.15, -0.1) is 0 Å². The first-order chi connectivity index (χ1) is 28.2. The fourth-order valence-electron chi connectivity index (χ4n) is 5.67. The van der Waals surface area contributed by atoms with Gasteiger partial charge < -0.3 is 57.9 Å². The topological polar surface area (TPSA) is 206 Å². The number of carbonyl (C=O) groups is 4. The van der Waals surface area contributed by atoms with Crippen LogP contribution in [0, 0.1) is 11.8 Å². The van der Waals surface area contributed by atoms with Gasteiger partial charge in [0.25, 0.3) is 0 Å². The molecule has 0 unspecified atom stereocenters. The summed E-state index contributed by atoms with van der Waals surface area (Å²) in [5, 5.41) is 10.4. The van der Waals surface area contributed by atoms with Gasteiger partial charge in [0.15, 0.2) is 23.0 Å². The molecular weight excluding hydrogens is 752 g/mol. The SMILES string of the molecule is C[C@H](Cc1ccc(OC(=O)NCc2ccco2)c(OC(=O)NCc2ccco2)c1)[C@@H](C)Cc1ccc(OC(=O)NCc2ccco2)c(OC(=O)NCc2ccco2)c1. The minimum Gasteiger partial charge on any atom is -0.467 e. The first-order valence-electron chi connectivity index (χ1n) is 18.3. The van der Waals surface area contributed by atoms with E-state index in [1.165, 1.54) is 25.1 Å². The lowest BCUT2D eigenvalue weighted by molar-refractivity contribution is 0.188. The predicted molar refractivity (Wildman–Crippen MR) is 205 cm³/mol. The number of rotatable bonds is 17. The Labute approximate surface area is 332 Å². The zero-order valence-corrected chi connectivity index (χ0v) is 31.7. The Hall–Kier alpha value is -7.36. The van der Waals surface area contributed by atoms with Crippen molar-refractivity contribution in [2.75, 3.05) is 0 Å².